The van der Waals surface area contributed by atoms with Gasteiger partial charge in [-0.3, -0.25) is 14.2 Å². The fraction of sp³-hybridized carbons (Fsp3) is 0.296. The van der Waals surface area contributed by atoms with Crippen LogP contribution >= 0.6 is 0 Å². The molecule has 4 aromatic rings. The average molecular weight is 492 g/mol. The first-order valence-corrected chi connectivity index (χ1v) is 11.9. The third-order valence-corrected chi connectivity index (χ3v) is 7.06. The summed E-state index contributed by atoms with van der Waals surface area (Å²) in [5.41, 5.74) is 0.774. The molecule has 0 N–H and O–H groups in total. The van der Waals surface area contributed by atoms with E-state index in [0.717, 1.165) is 24.3 Å². The zero-order chi connectivity index (χ0) is 25.3. The van der Waals surface area contributed by atoms with E-state index in [1.165, 1.54) is 42.5 Å². The van der Waals surface area contributed by atoms with E-state index in [9.17, 15) is 13.6 Å². The molecule has 36 heavy (non-hydrogen) atoms. The maximum absolute atomic E-state index is 14.0. The third-order valence-electron chi connectivity index (χ3n) is 7.06. The Labute approximate surface area is 207 Å². The topological polar surface area (TPSA) is 65.2 Å². The predicted octanol–water partition coefficient (Wildman–Crippen LogP) is 4.30. The van der Waals surface area contributed by atoms with Crippen LogP contribution in [-0.2, 0) is 12.6 Å². The number of rotatable bonds is 6. The minimum Gasteiger partial charge on any atom is -0.424 e. The number of likely N-dealkylation sites (N-methyl/N-ethyl adjacent to an activating group) is 1. The molecule has 2 aromatic heterocycles. The Kier molecular flexibility index (Phi) is 6.40. The fourth-order valence-electron chi connectivity index (χ4n) is 5.17. The Balaban J connectivity index is 1.65. The van der Waals surface area contributed by atoms with Crippen molar-refractivity contribution in [3.05, 3.63) is 106 Å². The van der Waals surface area contributed by atoms with Crippen LogP contribution in [0, 0.1) is 11.6 Å². The molecule has 0 aliphatic carbocycles. The van der Waals surface area contributed by atoms with Gasteiger partial charge in [0.2, 0.25) is 0 Å². The van der Waals surface area contributed by atoms with Gasteiger partial charge < -0.3 is 9.64 Å². The quantitative estimate of drug-likeness (QED) is 0.403. The van der Waals surface area contributed by atoms with E-state index < -0.39 is 5.54 Å². The molecule has 2 atom stereocenters. The van der Waals surface area contributed by atoms with Crippen LogP contribution in [0.1, 0.15) is 30.5 Å². The number of hydrogen-bond donors (Lipinski definition) is 0. The SMILES string of the molecule is CCN1CCC(c2ccc(F)cc2)(n2ccc(=O)n2C)C(c2ccnc(Oc3ccc(F)cc3)n2)C1. The van der Waals surface area contributed by atoms with Gasteiger partial charge in [0, 0.05) is 44.5 Å². The van der Waals surface area contributed by atoms with Crippen LogP contribution in [0.2, 0.25) is 0 Å². The van der Waals surface area contributed by atoms with Crippen LogP contribution in [0.4, 0.5) is 8.78 Å². The number of piperidine rings is 1. The first-order chi connectivity index (χ1) is 17.4. The normalized spacial score (nSPS) is 20.4. The van der Waals surface area contributed by atoms with Crippen molar-refractivity contribution in [1.82, 2.24) is 24.2 Å². The second-order valence-electron chi connectivity index (χ2n) is 8.97. The minimum absolute atomic E-state index is 0.129. The lowest BCUT2D eigenvalue weighted by Crippen LogP contribution is -2.54. The second-order valence-corrected chi connectivity index (χ2v) is 8.97. The molecule has 0 spiro atoms. The third kappa shape index (κ3) is 4.30. The first kappa shape index (κ1) is 23.9. The molecule has 2 unspecified atom stereocenters. The summed E-state index contributed by atoms with van der Waals surface area (Å²) in [5, 5.41) is 0. The average Bonchev–Trinajstić information content (AvgIpc) is 3.24. The van der Waals surface area contributed by atoms with Crippen molar-refractivity contribution >= 4 is 0 Å². The number of likely N-dealkylation sites (tertiary alicyclic amines) is 1. The van der Waals surface area contributed by atoms with Gasteiger partial charge in [-0.05, 0) is 61.0 Å². The van der Waals surface area contributed by atoms with Crippen LogP contribution in [0.3, 0.4) is 0 Å². The van der Waals surface area contributed by atoms with Gasteiger partial charge in [0.05, 0.1) is 11.2 Å². The van der Waals surface area contributed by atoms with Gasteiger partial charge in [0.25, 0.3) is 5.56 Å². The van der Waals surface area contributed by atoms with Crippen LogP contribution in [0.25, 0.3) is 0 Å². The Morgan fingerprint density at radius 3 is 2.36 bits per heavy atom. The molecule has 5 rings (SSSR count). The zero-order valence-electron chi connectivity index (χ0n) is 20.1. The van der Waals surface area contributed by atoms with Crippen LogP contribution < -0.4 is 10.3 Å². The Morgan fingerprint density at radius 1 is 1.03 bits per heavy atom. The number of aromatic nitrogens is 4. The molecule has 3 heterocycles. The standard InChI is InChI=1S/C27H27F2N5O2/c1-3-33-17-14-27(19-4-6-20(28)7-5-19,34-16-13-25(35)32(34)2)23(18-33)24-12-15-30-26(31-24)36-22-10-8-21(29)9-11-22/h4-13,15-16,23H,3,14,17-18H2,1-2H3. The summed E-state index contributed by atoms with van der Waals surface area (Å²) >= 11 is 0. The van der Waals surface area contributed by atoms with Crippen molar-refractivity contribution in [1.29, 1.82) is 0 Å². The lowest BCUT2D eigenvalue weighted by molar-refractivity contribution is 0.0932. The van der Waals surface area contributed by atoms with E-state index in [1.807, 2.05) is 10.7 Å². The molecule has 2 aromatic carbocycles. The smallest absolute Gasteiger partial charge is 0.322 e. The van der Waals surface area contributed by atoms with Crippen molar-refractivity contribution < 1.29 is 13.5 Å². The number of halogens is 2. The van der Waals surface area contributed by atoms with E-state index in [1.54, 1.807) is 36.3 Å². The van der Waals surface area contributed by atoms with Gasteiger partial charge in [0.1, 0.15) is 17.4 Å². The molecule has 186 valence electrons. The molecule has 1 aliphatic heterocycles. The summed E-state index contributed by atoms with van der Waals surface area (Å²) in [6.45, 7) is 4.41. The van der Waals surface area contributed by atoms with Gasteiger partial charge in [-0.15, -0.1) is 0 Å². The number of benzene rings is 2. The monoisotopic (exact) mass is 491 g/mol. The van der Waals surface area contributed by atoms with E-state index in [2.05, 4.69) is 16.8 Å². The van der Waals surface area contributed by atoms with Crippen molar-refractivity contribution in [3.8, 4) is 11.8 Å². The molecule has 1 aliphatic rings. The molecular formula is C27H27F2N5O2. The first-order valence-electron chi connectivity index (χ1n) is 11.9. The molecule has 7 nitrogen and oxygen atoms in total. The predicted molar refractivity (Wildman–Crippen MR) is 131 cm³/mol. The Bertz CT molecular complexity index is 1400. The lowest BCUT2D eigenvalue weighted by atomic mass is 9.71. The van der Waals surface area contributed by atoms with E-state index in [4.69, 9.17) is 9.72 Å². The van der Waals surface area contributed by atoms with Crippen LogP contribution in [0.5, 0.6) is 11.8 Å². The molecular weight excluding hydrogens is 464 g/mol. The molecule has 0 radical (unpaired) electrons. The summed E-state index contributed by atoms with van der Waals surface area (Å²) in [6, 6.07) is 15.7. The van der Waals surface area contributed by atoms with Crippen LogP contribution in [-0.4, -0.2) is 43.9 Å². The Morgan fingerprint density at radius 2 is 1.72 bits per heavy atom. The molecule has 0 amide bonds. The number of hydrogen-bond acceptors (Lipinski definition) is 5. The van der Waals surface area contributed by atoms with Crippen molar-refractivity contribution in [2.45, 2.75) is 24.8 Å². The minimum atomic E-state index is -0.710. The second kappa shape index (κ2) is 9.66. The highest BCUT2D eigenvalue weighted by Crippen LogP contribution is 2.46. The van der Waals surface area contributed by atoms with Gasteiger partial charge in [-0.25, -0.2) is 13.8 Å². The summed E-state index contributed by atoms with van der Waals surface area (Å²) in [5.74, 6) is -0.478. The summed E-state index contributed by atoms with van der Waals surface area (Å²) in [4.78, 5) is 23.9. The summed E-state index contributed by atoms with van der Waals surface area (Å²) < 4.78 is 36.7. The molecule has 0 saturated carbocycles. The number of ether oxygens (including phenoxy) is 1. The molecule has 0 bridgehead atoms. The maximum Gasteiger partial charge on any atom is 0.322 e. The van der Waals surface area contributed by atoms with Crippen molar-refractivity contribution in [2.75, 3.05) is 19.6 Å². The van der Waals surface area contributed by atoms with Gasteiger partial charge >= 0.3 is 6.01 Å². The van der Waals surface area contributed by atoms with E-state index >= 15 is 0 Å². The summed E-state index contributed by atoms with van der Waals surface area (Å²) in [7, 11) is 1.74. The highest BCUT2D eigenvalue weighted by molar-refractivity contribution is 5.34. The van der Waals surface area contributed by atoms with Gasteiger partial charge in [-0.1, -0.05) is 19.1 Å². The zero-order valence-corrected chi connectivity index (χ0v) is 20.1. The largest absolute Gasteiger partial charge is 0.424 e. The molecule has 9 heteroatoms. The van der Waals surface area contributed by atoms with Gasteiger partial charge in [0.15, 0.2) is 0 Å². The molecule has 1 saturated heterocycles. The fourth-order valence-corrected chi connectivity index (χ4v) is 5.17. The van der Waals surface area contributed by atoms with E-state index in [-0.39, 0.29) is 29.1 Å². The lowest BCUT2D eigenvalue weighted by Gasteiger charge is -2.49. The molecule has 1 fully saturated rings. The van der Waals surface area contributed by atoms with Crippen molar-refractivity contribution in [3.63, 3.8) is 0 Å². The Hall–Kier alpha value is -3.85. The summed E-state index contributed by atoms with van der Waals surface area (Å²) in [6.07, 6.45) is 4.10. The highest BCUT2D eigenvalue weighted by Gasteiger charge is 2.48. The van der Waals surface area contributed by atoms with Crippen LogP contribution in [0.15, 0.2) is 77.9 Å². The van der Waals surface area contributed by atoms with E-state index in [0.29, 0.717) is 18.7 Å². The van der Waals surface area contributed by atoms with Crippen molar-refractivity contribution in [2.24, 2.45) is 7.05 Å². The number of nitrogens with zero attached hydrogens (tertiary/aromatic N) is 5. The highest BCUT2D eigenvalue weighted by atomic mass is 19.1. The van der Waals surface area contributed by atoms with Gasteiger partial charge in [-0.2, -0.15) is 4.98 Å². The maximum atomic E-state index is 14.0.